The molecule has 2 aromatic rings. The van der Waals surface area contributed by atoms with Crippen LogP contribution in [0.3, 0.4) is 0 Å². The Morgan fingerprint density at radius 2 is 1.92 bits per heavy atom. The fraction of sp³-hybridized carbons (Fsp3) is 0.316. The Morgan fingerprint density at radius 3 is 2.52 bits per heavy atom. The van der Waals surface area contributed by atoms with Gasteiger partial charge in [0.15, 0.2) is 6.61 Å². The Kier molecular flexibility index (Phi) is 6.11. The Labute approximate surface area is 147 Å². The van der Waals surface area contributed by atoms with E-state index in [0.717, 1.165) is 12.0 Å². The van der Waals surface area contributed by atoms with Gasteiger partial charge in [0.1, 0.15) is 11.4 Å². The quantitative estimate of drug-likeness (QED) is 0.596. The maximum atomic E-state index is 12.0. The van der Waals surface area contributed by atoms with Crippen molar-refractivity contribution in [3.63, 3.8) is 0 Å². The summed E-state index contributed by atoms with van der Waals surface area (Å²) in [7, 11) is 0. The summed E-state index contributed by atoms with van der Waals surface area (Å²) in [5, 5.41) is 13.6. The van der Waals surface area contributed by atoms with Crippen LogP contribution in [-0.4, -0.2) is 17.4 Å². The summed E-state index contributed by atoms with van der Waals surface area (Å²) in [4.78, 5) is 22.6. The lowest BCUT2D eigenvalue weighted by Gasteiger charge is -2.11. The van der Waals surface area contributed by atoms with E-state index in [4.69, 9.17) is 4.74 Å². The first-order valence-electron chi connectivity index (χ1n) is 8.18. The van der Waals surface area contributed by atoms with Crippen LogP contribution in [0.25, 0.3) is 0 Å². The molecule has 0 radical (unpaired) electrons. The number of hydrogen-bond donors (Lipinski definition) is 1. The third-order valence-electron chi connectivity index (χ3n) is 4.06. The third-order valence-corrected chi connectivity index (χ3v) is 4.06. The minimum Gasteiger partial charge on any atom is -0.484 e. The standard InChI is InChI=1S/C19H22N2O4/c1-4-14(3)15-6-8-16(9-7-15)25-12-19(22)20-17-10-5-13(2)11-18(17)21(23)24/h5-11,14H,4,12H2,1-3H3,(H,20,22)/t14-/m1/s1. The van der Waals surface area contributed by atoms with Crippen LogP contribution >= 0.6 is 0 Å². The molecule has 2 rings (SSSR count). The second-order valence-corrected chi connectivity index (χ2v) is 5.99. The highest BCUT2D eigenvalue weighted by molar-refractivity contribution is 5.94. The molecule has 0 bridgehead atoms. The molecule has 0 spiro atoms. The summed E-state index contributed by atoms with van der Waals surface area (Å²) in [6, 6.07) is 12.2. The van der Waals surface area contributed by atoms with Crippen molar-refractivity contribution in [1.82, 2.24) is 0 Å². The van der Waals surface area contributed by atoms with Gasteiger partial charge in [-0.05, 0) is 48.6 Å². The van der Waals surface area contributed by atoms with Gasteiger partial charge in [-0.1, -0.05) is 32.0 Å². The van der Waals surface area contributed by atoms with Crippen molar-refractivity contribution in [1.29, 1.82) is 0 Å². The van der Waals surface area contributed by atoms with E-state index in [1.54, 1.807) is 13.0 Å². The molecule has 0 aliphatic heterocycles. The smallest absolute Gasteiger partial charge is 0.293 e. The molecule has 6 heteroatoms. The molecule has 0 aliphatic rings. The normalized spacial score (nSPS) is 11.6. The first-order chi connectivity index (χ1) is 11.9. The van der Waals surface area contributed by atoms with E-state index >= 15 is 0 Å². The maximum absolute atomic E-state index is 12.0. The SMILES string of the molecule is CC[C@@H](C)c1ccc(OCC(=O)Nc2ccc(C)cc2[N+](=O)[O-])cc1. The van der Waals surface area contributed by atoms with E-state index < -0.39 is 10.8 Å². The predicted octanol–water partition coefficient (Wildman–Crippen LogP) is 4.43. The van der Waals surface area contributed by atoms with Gasteiger partial charge in [-0.15, -0.1) is 0 Å². The van der Waals surface area contributed by atoms with Crippen molar-refractivity contribution in [3.05, 3.63) is 63.7 Å². The number of nitrogens with one attached hydrogen (secondary N) is 1. The van der Waals surface area contributed by atoms with E-state index in [2.05, 4.69) is 19.2 Å². The molecule has 1 amide bonds. The van der Waals surface area contributed by atoms with Crippen LogP contribution in [0.5, 0.6) is 5.75 Å². The van der Waals surface area contributed by atoms with Gasteiger partial charge in [-0.25, -0.2) is 0 Å². The van der Waals surface area contributed by atoms with Gasteiger partial charge in [0.2, 0.25) is 0 Å². The lowest BCUT2D eigenvalue weighted by molar-refractivity contribution is -0.384. The minimum absolute atomic E-state index is 0.133. The van der Waals surface area contributed by atoms with Crippen LogP contribution < -0.4 is 10.1 Å². The number of hydrogen-bond acceptors (Lipinski definition) is 4. The monoisotopic (exact) mass is 342 g/mol. The Morgan fingerprint density at radius 1 is 1.24 bits per heavy atom. The molecule has 0 aliphatic carbocycles. The fourth-order valence-electron chi connectivity index (χ4n) is 2.36. The first kappa shape index (κ1) is 18.4. The van der Waals surface area contributed by atoms with Gasteiger partial charge in [-0.2, -0.15) is 0 Å². The van der Waals surface area contributed by atoms with E-state index in [1.807, 2.05) is 24.3 Å². The number of benzene rings is 2. The molecular formula is C19H22N2O4. The summed E-state index contributed by atoms with van der Waals surface area (Å²) in [6.45, 7) is 5.82. The highest BCUT2D eigenvalue weighted by Gasteiger charge is 2.16. The summed E-state index contributed by atoms with van der Waals surface area (Å²) in [5.41, 5.74) is 2.00. The van der Waals surface area contributed by atoms with Gasteiger partial charge >= 0.3 is 0 Å². The highest BCUT2D eigenvalue weighted by Crippen LogP contribution is 2.25. The lowest BCUT2D eigenvalue weighted by atomic mass is 9.99. The van der Waals surface area contributed by atoms with Crippen molar-refractivity contribution in [3.8, 4) is 5.75 Å². The zero-order chi connectivity index (χ0) is 18.4. The molecule has 0 saturated carbocycles. The average Bonchev–Trinajstić information content (AvgIpc) is 2.61. The van der Waals surface area contributed by atoms with Gasteiger partial charge in [-0.3, -0.25) is 14.9 Å². The summed E-state index contributed by atoms with van der Waals surface area (Å²) < 4.78 is 5.45. The Hall–Kier alpha value is -2.89. The molecule has 0 unspecified atom stereocenters. The molecule has 2 aromatic carbocycles. The van der Waals surface area contributed by atoms with Crippen LogP contribution in [-0.2, 0) is 4.79 Å². The predicted molar refractivity (Wildman–Crippen MR) is 97.1 cm³/mol. The number of ether oxygens (including phenoxy) is 1. The number of nitro benzene ring substituents is 1. The average molecular weight is 342 g/mol. The number of nitrogens with zero attached hydrogens (tertiary/aromatic N) is 1. The van der Waals surface area contributed by atoms with E-state index in [-0.39, 0.29) is 18.0 Å². The van der Waals surface area contributed by atoms with Crippen molar-refractivity contribution in [2.75, 3.05) is 11.9 Å². The zero-order valence-corrected chi connectivity index (χ0v) is 14.6. The topological polar surface area (TPSA) is 81.5 Å². The van der Waals surface area contributed by atoms with Crippen molar-refractivity contribution < 1.29 is 14.5 Å². The maximum Gasteiger partial charge on any atom is 0.293 e. The van der Waals surface area contributed by atoms with Crippen LogP contribution in [0.4, 0.5) is 11.4 Å². The van der Waals surface area contributed by atoms with Gasteiger partial charge in [0.05, 0.1) is 4.92 Å². The number of rotatable bonds is 7. The first-order valence-corrected chi connectivity index (χ1v) is 8.18. The molecule has 0 fully saturated rings. The number of amides is 1. The molecule has 0 heterocycles. The molecule has 6 nitrogen and oxygen atoms in total. The summed E-state index contributed by atoms with van der Waals surface area (Å²) in [6.07, 6.45) is 1.05. The largest absolute Gasteiger partial charge is 0.484 e. The molecular weight excluding hydrogens is 320 g/mol. The molecule has 1 atom stereocenters. The van der Waals surface area contributed by atoms with Gasteiger partial charge in [0.25, 0.3) is 11.6 Å². The second kappa shape index (κ2) is 8.28. The van der Waals surface area contributed by atoms with Crippen LogP contribution in [0.15, 0.2) is 42.5 Å². The summed E-state index contributed by atoms with van der Waals surface area (Å²) in [5.74, 6) is 0.609. The zero-order valence-electron chi connectivity index (χ0n) is 14.6. The molecule has 0 aromatic heterocycles. The number of anilines is 1. The van der Waals surface area contributed by atoms with E-state index in [0.29, 0.717) is 11.7 Å². The van der Waals surface area contributed by atoms with E-state index in [1.165, 1.54) is 17.7 Å². The van der Waals surface area contributed by atoms with Crippen LogP contribution in [0.2, 0.25) is 0 Å². The van der Waals surface area contributed by atoms with Crippen molar-refractivity contribution in [2.24, 2.45) is 0 Å². The van der Waals surface area contributed by atoms with Crippen molar-refractivity contribution in [2.45, 2.75) is 33.1 Å². The second-order valence-electron chi connectivity index (χ2n) is 5.99. The number of aryl methyl sites for hydroxylation is 1. The van der Waals surface area contributed by atoms with Crippen molar-refractivity contribution >= 4 is 17.3 Å². The molecule has 0 saturated heterocycles. The molecule has 132 valence electrons. The fourth-order valence-corrected chi connectivity index (χ4v) is 2.36. The summed E-state index contributed by atoms with van der Waals surface area (Å²) >= 11 is 0. The minimum atomic E-state index is -0.517. The van der Waals surface area contributed by atoms with Crippen LogP contribution in [0, 0.1) is 17.0 Å². The number of nitro groups is 1. The number of carbonyl (C=O) groups is 1. The van der Waals surface area contributed by atoms with Gasteiger partial charge < -0.3 is 10.1 Å². The lowest BCUT2D eigenvalue weighted by Crippen LogP contribution is -2.20. The number of carbonyl (C=O) groups excluding carboxylic acids is 1. The third kappa shape index (κ3) is 5.04. The van der Waals surface area contributed by atoms with Crippen LogP contribution in [0.1, 0.15) is 37.3 Å². The Balaban J connectivity index is 1.96. The molecule has 25 heavy (non-hydrogen) atoms. The van der Waals surface area contributed by atoms with Gasteiger partial charge in [0, 0.05) is 6.07 Å². The van der Waals surface area contributed by atoms with E-state index in [9.17, 15) is 14.9 Å². The molecule has 1 N–H and O–H groups in total. The highest BCUT2D eigenvalue weighted by atomic mass is 16.6. The Bertz CT molecular complexity index is 757.